The first-order valence-electron chi connectivity index (χ1n) is 7.41. The first-order valence-corrected chi connectivity index (χ1v) is 10.2. The highest BCUT2D eigenvalue weighted by Gasteiger charge is 2.11. The van der Waals surface area contributed by atoms with Crippen LogP contribution in [0.1, 0.15) is 21.5 Å². The van der Waals surface area contributed by atoms with Gasteiger partial charge in [-0.15, -0.1) is 10.2 Å². The summed E-state index contributed by atoms with van der Waals surface area (Å²) in [7, 11) is 0. The van der Waals surface area contributed by atoms with E-state index in [2.05, 4.69) is 16.3 Å². The Morgan fingerprint density at radius 1 is 1.00 bits per heavy atom. The molecule has 0 unspecified atom stereocenters. The molecule has 0 aliphatic heterocycles. The highest BCUT2D eigenvalue weighted by Crippen LogP contribution is 2.31. The number of thioether (sulfide) groups is 2. The zero-order chi connectivity index (χ0) is 17.5. The van der Waals surface area contributed by atoms with Gasteiger partial charge in [-0.25, -0.2) is 0 Å². The third-order valence-electron chi connectivity index (χ3n) is 3.30. The molecule has 124 valence electrons. The molecular formula is C18H13N3OS3. The fourth-order valence-corrected chi connectivity index (χ4v) is 4.96. The minimum Gasteiger partial charge on any atom is -0.293 e. The van der Waals surface area contributed by atoms with Crippen molar-refractivity contribution in [3.8, 4) is 6.07 Å². The molecule has 0 amide bonds. The Kier molecular flexibility index (Phi) is 6.23. The summed E-state index contributed by atoms with van der Waals surface area (Å²) < 4.78 is 1.61. The Labute approximate surface area is 158 Å². The molecule has 0 saturated carbocycles. The van der Waals surface area contributed by atoms with Gasteiger partial charge in [0.2, 0.25) is 0 Å². The molecule has 3 aromatic rings. The van der Waals surface area contributed by atoms with Crippen LogP contribution in [0.4, 0.5) is 0 Å². The van der Waals surface area contributed by atoms with E-state index < -0.39 is 0 Å². The molecule has 0 N–H and O–H groups in total. The minimum absolute atomic E-state index is 0.0814. The number of ketones is 1. The van der Waals surface area contributed by atoms with Gasteiger partial charge in [0, 0.05) is 11.3 Å². The van der Waals surface area contributed by atoms with Gasteiger partial charge in [-0.2, -0.15) is 5.26 Å². The molecule has 4 nitrogen and oxygen atoms in total. The number of hydrogen-bond donors (Lipinski definition) is 0. The molecule has 3 rings (SSSR count). The number of nitriles is 1. The lowest BCUT2D eigenvalue weighted by atomic mass is 10.1. The molecule has 25 heavy (non-hydrogen) atoms. The van der Waals surface area contributed by atoms with Gasteiger partial charge in [-0.1, -0.05) is 83.4 Å². The van der Waals surface area contributed by atoms with Gasteiger partial charge >= 0.3 is 0 Å². The van der Waals surface area contributed by atoms with E-state index in [1.54, 1.807) is 11.8 Å². The summed E-state index contributed by atoms with van der Waals surface area (Å²) in [5.74, 6) is 1.10. The molecule has 1 aromatic heterocycles. The van der Waals surface area contributed by atoms with E-state index in [9.17, 15) is 4.79 Å². The molecule has 0 atom stereocenters. The van der Waals surface area contributed by atoms with Crippen molar-refractivity contribution in [2.45, 2.75) is 14.4 Å². The van der Waals surface area contributed by atoms with Crippen LogP contribution in [0.5, 0.6) is 0 Å². The van der Waals surface area contributed by atoms with Crippen LogP contribution in [-0.4, -0.2) is 21.7 Å². The van der Waals surface area contributed by atoms with Crippen molar-refractivity contribution >= 4 is 40.6 Å². The Hall–Kier alpha value is -2.14. The third kappa shape index (κ3) is 4.92. The van der Waals surface area contributed by atoms with Gasteiger partial charge in [0.25, 0.3) is 0 Å². The summed E-state index contributed by atoms with van der Waals surface area (Å²) in [6.07, 6.45) is 0. The molecule has 0 saturated heterocycles. The summed E-state index contributed by atoms with van der Waals surface area (Å²) >= 11 is 4.42. The van der Waals surface area contributed by atoms with Crippen molar-refractivity contribution < 1.29 is 4.79 Å². The van der Waals surface area contributed by atoms with Crippen molar-refractivity contribution in [2.24, 2.45) is 0 Å². The highest BCUT2D eigenvalue weighted by atomic mass is 32.2. The van der Waals surface area contributed by atoms with Crippen molar-refractivity contribution in [2.75, 3.05) is 5.75 Å². The van der Waals surface area contributed by atoms with Crippen LogP contribution < -0.4 is 0 Å². The fraction of sp³-hybridized carbons (Fsp3) is 0.111. The predicted molar refractivity (Wildman–Crippen MR) is 102 cm³/mol. The van der Waals surface area contributed by atoms with Crippen molar-refractivity contribution in [1.82, 2.24) is 10.2 Å². The predicted octanol–water partition coefficient (Wildman–Crippen LogP) is 4.68. The highest BCUT2D eigenvalue weighted by molar-refractivity contribution is 8.03. The van der Waals surface area contributed by atoms with Gasteiger partial charge in [-0.05, 0) is 11.6 Å². The molecule has 0 bridgehead atoms. The van der Waals surface area contributed by atoms with Crippen LogP contribution in [0.15, 0.2) is 63.3 Å². The summed E-state index contributed by atoms with van der Waals surface area (Å²) in [5, 5.41) is 17.4. The normalized spacial score (nSPS) is 10.4. The summed E-state index contributed by atoms with van der Waals surface area (Å²) in [6, 6.07) is 19.0. The summed E-state index contributed by atoms with van der Waals surface area (Å²) in [6.45, 7) is 0. The van der Waals surface area contributed by atoms with Crippen LogP contribution in [0, 0.1) is 11.3 Å². The SMILES string of the molecule is N#Cc1ccccc1CSc1nnc(SCC(=O)c2ccccc2)s1. The summed E-state index contributed by atoms with van der Waals surface area (Å²) in [5.41, 5.74) is 2.38. The maximum absolute atomic E-state index is 12.1. The number of nitrogens with zero attached hydrogens (tertiary/aromatic N) is 3. The van der Waals surface area contributed by atoms with E-state index in [0.29, 0.717) is 22.6 Å². The molecule has 0 radical (unpaired) electrons. The van der Waals surface area contributed by atoms with Crippen LogP contribution in [-0.2, 0) is 5.75 Å². The van der Waals surface area contributed by atoms with Gasteiger partial charge in [0.15, 0.2) is 14.5 Å². The number of carbonyl (C=O) groups is 1. The van der Waals surface area contributed by atoms with E-state index in [-0.39, 0.29) is 5.78 Å². The molecule has 7 heteroatoms. The van der Waals surface area contributed by atoms with Crippen LogP contribution in [0.25, 0.3) is 0 Å². The van der Waals surface area contributed by atoms with Crippen molar-refractivity contribution in [3.63, 3.8) is 0 Å². The van der Waals surface area contributed by atoms with E-state index in [4.69, 9.17) is 5.26 Å². The van der Waals surface area contributed by atoms with Crippen LogP contribution in [0.2, 0.25) is 0 Å². The zero-order valence-corrected chi connectivity index (χ0v) is 15.5. The monoisotopic (exact) mass is 383 g/mol. The van der Waals surface area contributed by atoms with E-state index in [1.807, 2.05) is 54.6 Å². The molecule has 2 aromatic carbocycles. The molecular weight excluding hydrogens is 370 g/mol. The lowest BCUT2D eigenvalue weighted by molar-refractivity contribution is 0.102. The summed E-state index contributed by atoms with van der Waals surface area (Å²) in [4.78, 5) is 12.1. The Morgan fingerprint density at radius 3 is 2.44 bits per heavy atom. The minimum atomic E-state index is 0.0814. The van der Waals surface area contributed by atoms with Gasteiger partial charge in [0.05, 0.1) is 17.4 Å². The molecule has 1 heterocycles. The fourth-order valence-electron chi connectivity index (χ4n) is 2.04. The average Bonchev–Trinajstić information content (AvgIpc) is 3.13. The number of Topliss-reactive ketones (excluding diaryl/α,β-unsaturated/α-hetero) is 1. The van der Waals surface area contributed by atoms with E-state index >= 15 is 0 Å². The quantitative estimate of drug-likeness (QED) is 0.436. The number of benzene rings is 2. The smallest absolute Gasteiger partial charge is 0.175 e. The number of carbonyl (C=O) groups excluding carboxylic acids is 1. The molecule has 0 fully saturated rings. The molecule has 0 aliphatic rings. The number of aromatic nitrogens is 2. The lowest BCUT2D eigenvalue weighted by Crippen LogP contribution is -2.01. The second kappa shape index (κ2) is 8.81. The second-order valence-electron chi connectivity index (χ2n) is 4.97. The molecule has 0 spiro atoms. The first kappa shape index (κ1) is 17.7. The van der Waals surface area contributed by atoms with Gasteiger partial charge in [0.1, 0.15) is 0 Å². The standard InChI is InChI=1S/C18H13N3OS3/c19-10-14-8-4-5-9-15(14)11-23-17-20-21-18(25-17)24-12-16(22)13-6-2-1-3-7-13/h1-9H,11-12H2. The van der Waals surface area contributed by atoms with Crippen molar-refractivity contribution in [3.05, 3.63) is 71.3 Å². The largest absolute Gasteiger partial charge is 0.293 e. The Morgan fingerprint density at radius 2 is 1.68 bits per heavy atom. The second-order valence-corrected chi connectivity index (χ2v) is 8.39. The first-order chi connectivity index (χ1) is 12.3. The maximum atomic E-state index is 12.1. The molecule has 0 aliphatic carbocycles. The average molecular weight is 384 g/mol. The maximum Gasteiger partial charge on any atom is 0.175 e. The van der Waals surface area contributed by atoms with Crippen molar-refractivity contribution in [1.29, 1.82) is 5.26 Å². The number of hydrogen-bond acceptors (Lipinski definition) is 7. The lowest BCUT2D eigenvalue weighted by Gasteiger charge is -2.00. The topological polar surface area (TPSA) is 66.6 Å². The van der Waals surface area contributed by atoms with Crippen LogP contribution >= 0.6 is 34.9 Å². The van der Waals surface area contributed by atoms with Crippen LogP contribution in [0.3, 0.4) is 0 Å². The number of rotatable bonds is 7. The van der Waals surface area contributed by atoms with E-state index in [0.717, 1.165) is 14.2 Å². The third-order valence-corrected chi connectivity index (χ3v) is 6.54. The Bertz CT molecular complexity index is 903. The van der Waals surface area contributed by atoms with Gasteiger partial charge < -0.3 is 0 Å². The Balaban J connectivity index is 1.54. The van der Waals surface area contributed by atoms with E-state index in [1.165, 1.54) is 23.1 Å². The zero-order valence-electron chi connectivity index (χ0n) is 13.1. The van der Waals surface area contributed by atoms with Gasteiger partial charge in [-0.3, -0.25) is 4.79 Å².